The highest BCUT2D eigenvalue weighted by Crippen LogP contribution is 2.47. The Morgan fingerprint density at radius 3 is 1.68 bits per heavy atom. The van der Waals surface area contributed by atoms with Crippen LogP contribution in [0.3, 0.4) is 0 Å². The standard InChI is InChI=1S/C51H63N5O17S2/c1-25(53-3)41-18-17-38(52)47(71-41)72-44-39(55-49(59)68-22-36-30-11-7-5-9-28(30)32-15-13-26(19-34(32)36)74(62,63)64)21-40(45(42(44)57)73-48-43(58)46(54-4)51(2,61)24-70-48)56-50(60)69-23-37-31-12-8-6-10-29(31)33-16-14-27(20-35(33)37)75(65,66)67/h5-16,19-20,25,36-48,53-54,57-58,61H,17-18,21-24,52H2,1-4H3,(H,55,59)(H,56,60)(H,62,63,64)(H,65,66,67)/t25?,36?,37?,38?,39?,40-,41-,42-,43+,44-,45?,46?,47-,48-,51+/m1/s1. The number of fused-ring (bicyclic) bond motifs is 6. The van der Waals surface area contributed by atoms with E-state index in [9.17, 15) is 50.8 Å². The second-order valence-electron chi connectivity index (χ2n) is 20.0. The van der Waals surface area contributed by atoms with Crippen LogP contribution in [0, 0.1) is 0 Å². The molecule has 1 saturated carbocycles. The number of benzene rings is 4. The lowest BCUT2D eigenvalue weighted by atomic mass is 9.83. The van der Waals surface area contributed by atoms with E-state index in [0.717, 1.165) is 22.3 Å². The molecular formula is C51H63N5O17S2. The van der Waals surface area contributed by atoms with E-state index >= 15 is 0 Å². The number of nitrogens with two attached hydrogens (primary N) is 1. The third-order valence-electron chi connectivity index (χ3n) is 15.2. The van der Waals surface area contributed by atoms with Gasteiger partial charge in [0.05, 0.1) is 46.7 Å². The molecule has 2 amide bonds. The van der Waals surface area contributed by atoms with Crippen LogP contribution >= 0.6 is 0 Å². The van der Waals surface area contributed by atoms with Crippen molar-refractivity contribution in [2.24, 2.45) is 5.73 Å². The first kappa shape index (κ1) is 54.6. The Hall–Kier alpha value is -5.16. The number of aliphatic hydroxyl groups excluding tert-OH is 2. The number of amides is 2. The number of likely N-dealkylation sites (N-methyl/N-ethyl adjacent to an activating group) is 2. The number of ether oxygens (including phenoxy) is 6. The third kappa shape index (κ3) is 11.2. The summed E-state index contributed by atoms with van der Waals surface area (Å²) >= 11 is 0. The quantitative estimate of drug-likeness (QED) is 0.0764. The number of carbonyl (C=O) groups excluding carboxylic acids is 2. The van der Waals surface area contributed by atoms with Crippen molar-refractivity contribution in [2.75, 3.05) is 33.9 Å². The molecule has 4 aromatic carbocycles. The zero-order valence-electron chi connectivity index (χ0n) is 41.4. The molecule has 9 rings (SSSR count). The van der Waals surface area contributed by atoms with E-state index in [1.807, 2.05) is 31.2 Å². The second kappa shape index (κ2) is 21.7. The summed E-state index contributed by atoms with van der Waals surface area (Å²) in [6.45, 7) is 2.44. The van der Waals surface area contributed by atoms with Crippen molar-refractivity contribution in [3.8, 4) is 22.3 Å². The summed E-state index contributed by atoms with van der Waals surface area (Å²) in [4.78, 5) is 27.7. The lowest BCUT2D eigenvalue weighted by Crippen LogP contribution is -2.70. The number of rotatable bonds is 15. The van der Waals surface area contributed by atoms with Gasteiger partial charge >= 0.3 is 12.2 Å². The van der Waals surface area contributed by atoms with Gasteiger partial charge in [-0.15, -0.1) is 0 Å². The molecule has 0 spiro atoms. The number of hydrogen-bond acceptors (Lipinski definition) is 18. The predicted molar refractivity (Wildman–Crippen MR) is 268 cm³/mol. The maximum absolute atomic E-state index is 14.2. The molecule has 75 heavy (non-hydrogen) atoms. The first-order valence-electron chi connectivity index (χ1n) is 24.6. The predicted octanol–water partition coefficient (Wildman–Crippen LogP) is 2.33. The minimum atomic E-state index is -4.60. The molecule has 406 valence electrons. The first-order chi connectivity index (χ1) is 35.6. The lowest BCUT2D eigenvalue weighted by Gasteiger charge is -2.49. The molecule has 15 atom stereocenters. The van der Waals surface area contributed by atoms with E-state index in [1.165, 1.54) is 38.2 Å². The summed E-state index contributed by atoms with van der Waals surface area (Å²) in [5.41, 5.74) is 10.4. The van der Waals surface area contributed by atoms with Crippen LogP contribution in [-0.2, 0) is 48.7 Å². The van der Waals surface area contributed by atoms with Crippen LogP contribution < -0.4 is 27.0 Å². The Morgan fingerprint density at radius 2 is 1.20 bits per heavy atom. The van der Waals surface area contributed by atoms with Gasteiger partial charge in [-0.1, -0.05) is 60.7 Å². The molecule has 5 aliphatic rings. The van der Waals surface area contributed by atoms with E-state index in [0.29, 0.717) is 35.1 Å². The van der Waals surface area contributed by atoms with Crippen LogP contribution in [0.1, 0.15) is 67.2 Å². The van der Waals surface area contributed by atoms with Gasteiger partial charge in [-0.3, -0.25) is 9.11 Å². The highest BCUT2D eigenvalue weighted by atomic mass is 32.2. The topological polar surface area (TPSA) is 333 Å². The molecule has 7 unspecified atom stereocenters. The van der Waals surface area contributed by atoms with Crippen molar-refractivity contribution in [3.05, 3.63) is 107 Å². The average Bonchev–Trinajstić information content (AvgIpc) is 3.88. The van der Waals surface area contributed by atoms with Crippen LogP contribution in [0.4, 0.5) is 9.59 Å². The Labute approximate surface area is 434 Å². The molecule has 2 saturated heterocycles. The van der Waals surface area contributed by atoms with E-state index in [2.05, 4.69) is 21.3 Å². The van der Waals surface area contributed by atoms with Crippen molar-refractivity contribution in [1.82, 2.24) is 21.3 Å². The Bertz CT molecular complexity index is 3000. The van der Waals surface area contributed by atoms with Crippen LogP contribution in [0.25, 0.3) is 22.3 Å². The summed E-state index contributed by atoms with van der Waals surface area (Å²) in [6, 6.07) is 18.5. The molecule has 24 heteroatoms. The van der Waals surface area contributed by atoms with Crippen molar-refractivity contribution >= 4 is 32.4 Å². The summed E-state index contributed by atoms with van der Waals surface area (Å²) in [5, 5.41) is 46.9. The molecule has 2 aliphatic heterocycles. The Kier molecular flexibility index (Phi) is 15.8. The van der Waals surface area contributed by atoms with Crippen molar-refractivity contribution in [3.63, 3.8) is 0 Å². The molecule has 22 nitrogen and oxygen atoms in total. The fourth-order valence-corrected chi connectivity index (χ4v) is 12.2. The minimum absolute atomic E-state index is 0.142. The number of hydrogen-bond donors (Lipinski definition) is 10. The van der Waals surface area contributed by atoms with E-state index in [4.69, 9.17) is 34.2 Å². The molecule has 0 radical (unpaired) electrons. The van der Waals surface area contributed by atoms with Crippen LogP contribution in [0.15, 0.2) is 94.7 Å². The number of carbonyl (C=O) groups is 2. The summed E-state index contributed by atoms with van der Waals surface area (Å²) in [7, 11) is -5.89. The highest BCUT2D eigenvalue weighted by Gasteiger charge is 2.53. The van der Waals surface area contributed by atoms with Gasteiger partial charge in [0.25, 0.3) is 20.2 Å². The Balaban J connectivity index is 1.01. The van der Waals surface area contributed by atoms with Gasteiger partial charge in [0.2, 0.25) is 0 Å². The monoisotopic (exact) mass is 1080 g/mol. The third-order valence-corrected chi connectivity index (χ3v) is 16.9. The molecule has 4 aromatic rings. The summed E-state index contributed by atoms with van der Waals surface area (Å²) < 4.78 is 106. The number of alkyl carbamates (subject to hydrolysis) is 2. The Morgan fingerprint density at radius 1 is 0.720 bits per heavy atom. The van der Waals surface area contributed by atoms with Gasteiger partial charge in [0, 0.05) is 17.9 Å². The van der Waals surface area contributed by atoms with Gasteiger partial charge in [-0.05, 0) is 116 Å². The first-order valence-corrected chi connectivity index (χ1v) is 27.5. The summed E-state index contributed by atoms with van der Waals surface area (Å²) in [5.74, 6) is -1.35. The molecule has 0 aromatic heterocycles. The molecule has 3 aliphatic carbocycles. The fraction of sp³-hybridized carbons (Fsp3) is 0.490. The molecule has 0 bridgehead atoms. The molecular weight excluding hydrogens is 1020 g/mol. The summed E-state index contributed by atoms with van der Waals surface area (Å²) in [6.07, 6.45) is -10.5. The minimum Gasteiger partial charge on any atom is -0.449 e. The second-order valence-corrected chi connectivity index (χ2v) is 22.9. The number of aliphatic hydroxyl groups is 3. The normalized spacial score (nSPS) is 31.5. The zero-order chi connectivity index (χ0) is 53.7. The molecule has 2 heterocycles. The van der Waals surface area contributed by atoms with Crippen molar-refractivity contribution < 1.29 is 79.3 Å². The highest BCUT2D eigenvalue weighted by molar-refractivity contribution is 7.86. The van der Waals surface area contributed by atoms with Crippen LogP contribution in [0.2, 0.25) is 0 Å². The average molecular weight is 1080 g/mol. The maximum atomic E-state index is 14.2. The van der Waals surface area contributed by atoms with E-state index < -0.39 is 111 Å². The largest absolute Gasteiger partial charge is 0.449 e. The fourth-order valence-electron chi connectivity index (χ4n) is 11.2. The smallest absolute Gasteiger partial charge is 0.407 e. The number of nitrogens with one attached hydrogen (secondary N) is 4. The van der Waals surface area contributed by atoms with Gasteiger partial charge in [-0.2, -0.15) is 16.8 Å². The van der Waals surface area contributed by atoms with Gasteiger partial charge < -0.3 is 70.7 Å². The van der Waals surface area contributed by atoms with Gasteiger partial charge in [-0.25, -0.2) is 9.59 Å². The maximum Gasteiger partial charge on any atom is 0.407 e. The zero-order valence-corrected chi connectivity index (χ0v) is 43.1. The van der Waals surface area contributed by atoms with Crippen molar-refractivity contribution in [2.45, 2.75) is 134 Å². The molecule has 3 fully saturated rings. The SMILES string of the molecule is CNC(C)[C@H]1CCC(N)[C@@H](O[C@@H]2C(NC(=O)OCC3c4ccccc4-c4ccc(S(=O)(=O)O)cc43)C[C@@H](NC(=O)OCC3c4ccccc4-c4ccc(S(=O)(=O)O)cc43)C(O[C@H]3OC[C@](C)(O)C(NC)[C@@H]3O)[C@@H]2O)O1. The van der Waals surface area contributed by atoms with Crippen LogP contribution in [-0.4, -0.2) is 166 Å². The van der Waals surface area contributed by atoms with Gasteiger partial charge in [0.15, 0.2) is 12.6 Å². The van der Waals surface area contributed by atoms with E-state index in [-0.39, 0.29) is 48.2 Å². The van der Waals surface area contributed by atoms with Crippen molar-refractivity contribution in [1.29, 1.82) is 0 Å². The molecule has 11 N–H and O–H groups in total. The lowest BCUT2D eigenvalue weighted by molar-refractivity contribution is -0.308. The van der Waals surface area contributed by atoms with E-state index in [1.54, 1.807) is 43.4 Å². The van der Waals surface area contributed by atoms with Gasteiger partial charge in [0.1, 0.15) is 43.2 Å². The van der Waals surface area contributed by atoms with Crippen LogP contribution in [0.5, 0.6) is 0 Å².